The van der Waals surface area contributed by atoms with Gasteiger partial charge in [-0.1, -0.05) is 12.1 Å². The lowest BCUT2D eigenvalue weighted by atomic mass is 9.88. The first-order valence-corrected chi connectivity index (χ1v) is 7.42. The van der Waals surface area contributed by atoms with Crippen LogP contribution in [-0.2, 0) is 0 Å². The Labute approximate surface area is 127 Å². The SMILES string of the molecule is CN(C)c1ccc2c(c1)OC(N)=C(C#N)[C@@H]2c1cccs1. The van der Waals surface area contributed by atoms with E-state index in [1.54, 1.807) is 11.3 Å². The van der Waals surface area contributed by atoms with Gasteiger partial charge in [0, 0.05) is 36.3 Å². The van der Waals surface area contributed by atoms with E-state index in [9.17, 15) is 5.26 Å². The highest BCUT2D eigenvalue weighted by Crippen LogP contribution is 2.44. The Bertz CT molecular complexity index is 741. The highest BCUT2D eigenvalue weighted by Gasteiger charge is 2.31. The summed E-state index contributed by atoms with van der Waals surface area (Å²) < 4.78 is 5.67. The van der Waals surface area contributed by atoms with Crippen LogP contribution in [0.15, 0.2) is 47.2 Å². The summed E-state index contributed by atoms with van der Waals surface area (Å²) in [6, 6.07) is 12.2. The van der Waals surface area contributed by atoms with Gasteiger partial charge in [-0.25, -0.2) is 0 Å². The van der Waals surface area contributed by atoms with E-state index in [1.165, 1.54) is 0 Å². The van der Waals surface area contributed by atoms with Crippen molar-refractivity contribution in [2.75, 3.05) is 19.0 Å². The van der Waals surface area contributed by atoms with Crippen molar-refractivity contribution in [3.8, 4) is 11.8 Å². The molecule has 106 valence electrons. The molecule has 4 nitrogen and oxygen atoms in total. The van der Waals surface area contributed by atoms with Crippen LogP contribution in [0.25, 0.3) is 0 Å². The van der Waals surface area contributed by atoms with Crippen LogP contribution in [0.4, 0.5) is 5.69 Å². The predicted octanol–water partition coefficient (Wildman–Crippen LogP) is 3.03. The number of allylic oxidation sites excluding steroid dienone is 1. The van der Waals surface area contributed by atoms with Gasteiger partial charge < -0.3 is 15.4 Å². The highest BCUT2D eigenvalue weighted by atomic mass is 32.1. The van der Waals surface area contributed by atoms with Crippen LogP contribution in [0, 0.1) is 11.3 Å². The smallest absolute Gasteiger partial charge is 0.205 e. The van der Waals surface area contributed by atoms with E-state index in [2.05, 4.69) is 6.07 Å². The summed E-state index contributed by atoms with van der Waals surface area (Å²) in [5.41, 5.74) is 8.44. The molecule has 0 saturated heterocycles. The van der Waals surface area contributed by atoms with Crippen LogP contribution >= 0.6 is 11.3 Å². The zero-order valence-electron chi connectivity index (χ0n) is 11.8. The quantitative estimate of drug-likeness (QED) is 0.925. The van der Waals surface area contributed by atoms with Gasteiger partial charge in [-0.05, 0) is 17.5 Å². The Hall–Kier alpha value is -2.45. The molecule has 0 aliphatic carbocycles. The first-order valence-electron chi connectivity index (χ1n) is 6.54. The first kappa shape index (κ1) is 13.5. The van der Waals surface area contributed by atoms with Crippen molar-refractivity contribution >= 4 is 17.0 Å². The van der Waals surface area contributed by atoms with E-state index in [0.717, 1.165) is 21.9 Å². The van der Waals surface area contributed by atoms with Crippen LogP contribution in [0.1, 0.15) is 16.4 Å². The molecule has 1 aliphatic heterocycles. The Balaban J connectivity index is 2.17. The molecule has 0 bridgehead atoms. The lowest BCUT2D eigenvalue weighted by Gasteiger charge is -2.26. The summed E-state index contributed by atoms with van der Waals surface area (Å²) in [6.07, 6.45) is 0. The number of nitrogens with zero attached hydrogens (tertiary/aromatic N) is 2. The molecule has 1 aliphatic rings. The average Bonchev–Trinajstić information content (AvgIpc) is 2.98. The van der Waals surface area contributed by atoms with Crippen molar-refractivity contribution in [1.29, 1.82) is 5.26 Å². The maximum Gasteiger partial charge on any atom is 0.205 e. The van der Waals surface area contributed by atoms with Crippen LogP contribution in [0.2, 0.25) is 0 Å². The number of benzene rings is 1. The average molecular weight is 297 g/mol. The summed E-state index contributed by atoms with van der Waals surface area (Å²) in [5.74, 6) is 0.769. The number of thiophene rings is 1. The zero-order valence-corrected chi connectivity index (χ0v) is 12.6. The van der Waals surface area contributed by atoms with Crippen molar-refractivity contribution in [3.05, 3.63) is 57.6 Å². The molecule has 0 radical (unpaired) electrons. The van der Waals surface area contributed by atoms with Crippen molar-refractivity contribution < 1.29 is 4.74 Å². The van der Waals surface area contributed by atoms with Crippen molar-refractivity contribution in [1.82, 2.24) is 0 Å². The number of ether oxygens (including phenoxy) is 1. The van der Waals surface area contributed by atoms with Gasteiger partial charge in [0.05, 0.1) is 5.92 Å². The van der Waals surface area contributed by atoms with E-state index < -0.39 is 0 Å². The Morgan fingerprint density at radius 3 is 2.76 bits per heavy atom. The number of hydrogen-bond acceptors (Lipinski definition) is 5. The number of fused-ring (bicyclic) bond motifs is 1. The Kier molecular flexibility index (Phi) is 3.32. The minimum absolute atomic E-state index is 0.144. The maximum atomic E-state index is 9.43. The summed E-state index contributed by atoms with van der Waals surface area (Å²) in [7, 11) is 3.95. The summed E-state index contributed by atoms with van der Waals surface area (Å²) in [4.78, 5) is 3.10. The second kappa shape index (κ2) is 5.15. The molecule has 0 fully saturated rings. The molecular weight excluding hydrogens is 282 g/mol. The van der Waals surface area contributed by atoms with Gasteiger partial charge >= 0.3 is 0 Å². The maximum absolute atomic E-state index is 9.43. The summed E-state index contributed by atoms with van der Waals surface area (Å²) >= 11 is 1.62. The molecule has 0 spiro atoms. The fraction of sp³-hybridized carbons (Fsp3) is 0.188. The third-order valence-electron chi connectivity index (χ3n) is 3.55. The number of nitrogens with two attached hydrogens (primary N) is 1. The van der Waals surface area contributed by atoms with Gasteiger partial charge in [-0.2, -0.15) is 5.26 Å². The van der Waals surface area contributed by atoms with E-state index in [1.807, 2.05) is 54.7 Å². The van der Waals surface area contributed by atoms with Gasteiger partial charge in [0.15, 0.2) is 0 Å². The third-order valence-corrected chi connectivity index (χ3v) is 4.48. The molecule has 2 aromatic rings. The molecular formula is C16H15N3OS. The van der Waals surface area contributed by atoms with Crippen molar-refractivity contribution in [3.63, 3.8) is 0 Å². The minimum atomic E-state index is -0.144. The molecule has 3 rings (SSSR count). The molecule has 1 atom stereocenters. The monoisotopic (exact) mass is 297 g/mol. The van der Waals surface area contributed by atoms with Gasteiger partial charge in [0.1, 0.15) is 17.4 Å². The highest BCUT2D eigenvalue weighted by molar-refractivity contribution is 7.10. The molecule has 2 N–H and O–H groups in total. The van der Waals surface area contributed by atoms with Crippen LogP contribution in [-0.4, -0.2) is 14.1 Å². The third kappa shape index (κ3) is 2.24. The fourth-order valence-electron chi connectivity index (χ4n) is 2.47. The summed E-state index contributed by atoms with van der Waals surface area (Å²) in [6.45, 7) is 0. The molecule has 5 heteroatoms. The van der Waals surface area contributed by atoms with Crippen LogP contribution in [0.5, 0.6) is 5.75 Å². The number of rotatable bonds is 2. The fourth-order valence-corrected chi connectivity index (χ4v) is 3.32. The molecule has 0 saturated carbocycles. The largest absolute Gasteiger partial charge is 0.440 e. The second-order valence-corrected chi connectivity index (χ2v) is 6.04. The first-order chi connectivity index (χ1) is 10.1. The molecule has 0 amide bonds. The molecule has 1 aromatic carbocycles. The van der Waals surface area contributed by atoms with E-state index in [0.29, 0.717) is 5.57 Å². The number of anilines is 1. The van der Waals surface area contributed by atoms with Gasteiger partial charge in [-0.3, -0.25) is 0 Å². The van der Waals surface area contributed by atoms with E-state index in [-0.39, 0.29) is 11.8 Å². The second-order valence-electron chi connectivity index (χ2n) is 5.06. The topological polar surface area (TPSA) is 62.3 Å². The standard InChI is InChI=1S/C16H15N3OS/c1-19(2)10-5-6-11-13(8-10)20-16(18)12(9-17)15(11)14-4-3-7-21-14/h3-8,15H,18H2,1-2H3/t15-/m1/s1. The van der Waals surface area contributed by atoms with Gasteiger partial charge in [0.25, 0.3) is 0 Å². The molecule has 0 unspecified atom stereocenters. The molecule has 2 heterocycles. The Morgan fingerprint density at radius 1 is 1.33 bits per heavy atom. The van der Waals surface area contributed by atoms with Crippen molar-refractivity contribution in [2.24, 2.45) is 5.73 Å². The van der Waals surface area contributed by atoms with Crippen LogP contribution in [0.3, 0.4) is 0 Å². The van der Waals surface area contributed by atoms with Gasteiger partial charge in [-0.15, -0.1) is 11.3 Å². The lowest BCUT2D eigenvalue weighted by molar-refractivity contribution is 0.394. The van der Waals surface area contributed by atoms with E-state index in [4.69, 9.17) is 10.5 Å². The summed E-state index contributed by atoms with van der Waals surface area (Å²) in [5, 5.41) is 11.4. The molecule has 21 heavy (non-hydrogen) atoms. The number of nitriles is 1. The Morgan fingerprint density at radius 2 is 2.14 bits per heavy atom. The van der Waals surface area contributed by atoms with Crippen molar-refractivity contribution in [2.45, 2.75) is 5.92 Å². The molecule has 1 aromatic heterocycles. The normalized spacial score (nSPS) is 16.9. The zero-order chi connectivity index (χ0) is 15.0. The minimum Gasteiger partial charge on any atom is -0.440 e. The van der Waals surface area contributed by atoms with Gasteiger partial charge in [0.2, 0.25) is 5.88 Å². The van der Waals surface area contributed by atoms with E-state index >= 15 is 0 Å². The van der Waals surface area contributed by atoms with Crippen LogP contribution < -0.4 is 15.4 Å². The predicted molar refractivity (Wildman–Crippen MR) is 84.4 cm³/mol. The number of hydrogen-bond donors (Lipinski definition) is 1. The lowest BCUT2D eigenvalue weighted by Crippen LogP contribution is -2.21.